The molecule has 0 nitrogen and oxygen atoms in total. The van der Waals surface area contributed by atoms with Gasteiger partial charge in [0.15, 0.2) is 0 Å². The third-order valence-corrected chi connectivity index (χ3v) is 7.92. The molecule has 0 N–H and O–H groups in total. The molecule has 0 radical (unpaired) electrons. The minimum atomic E-state index is -0.237. The number of aryl methyl sites for hydroxylation is 1. The van der Waals surface area contributed by atoms with Gasteiger partial charge in [0.25, 0.3) is 0 Å². The smallest absolute Gasteiger partial charge is 0.142 e. The second kappa shape index (κ2) is 7.59. The molecule has 0 spiro atoms. The Morgan fingerprint density at radius 1 is 0.920 bits per heavy atom. The largest absolute Gasteiger partial charge is 0.205 e. The van der Waals surface area contributed by atoms with Crippen LogP contribution in [0.4, 0.5) is 4.39 Å². The molecule has 0 saturated heterocycles. The van der Waals surface area contributed by atoms with Crippen LogP contribution in [0.25, 0.3) is 0 Å². The fourth-order valence-corrected chi connectivity index (χ4v) is 6.49. The first-order chi connectivity index (χ1) is 12.1. The van der Waals surface area contributed by atoms with Gasteiger partial charge in [-0.1, -0.05) is 37.8 Å². The van der Waals surface area contributed by atoms with E-state index in [1.165, 1.54) is 68.9 Å². The lowest BCUT2D eigenvalue weighted by Gasteiger charge is -2.45. The monoisotopic (exact) mass is 362 g/mol. The molecule has 2 fully saturated rings. The summed E-state index contributed by atoms with van der Waals surface area (Å²) in [7, 11) is 0. The molecule has 1 aromatic carbocycles. The van der Waals surface area contributed by atoms with Crippen LogP contribution in [0.3, 0.4) is 0 Å². The minimum Gasteiger partial charge on any atom is -0.205 e. The van der Waals surface area contributed by atoms with E-state index in [1.807, 2.05) is 6.07 Å². The zero-order chi connectivity index (χ0) is 17.4. The predicted molar refractivity (Wildman–Crippen MR) is 103 cm³/mol. The summed E-state index contributed by atoms with van der Waals surface area (Å²) in [5.41, 5.74) is 2.52. The molecule has 0 amide bonds. The first kappa shape index (κ1) is 17.8. The summed E-state index contributed by atoms with van der Waals surface area (Å²) in [6.45, 7) is 2.33. The lowest BCUT2D eigenvalue weighted by atomic mass is 9.61. The van der Waals surface area contributed by atoms with Crippen LogP contribution in [-0.4, -0.2) is 0 Å². The van der Waals surface area contributed by atoms with Crippen molar-refractivity contribution in [2.75, 3.05) is 0 Å². The van der Waals surface area contributed by atoms with Crippen LogP contribution in [0.1, 0.15) is 75.8 Å². The molecular weight excluding hydrogens is 331 g/mol. The van der Waals surface area contributed by atoms with Crippen molar-refractivity contribution in [3.05, 3.63) is 34.1 Å². The van der Waals surface area contributed by atoms with E-state index in [1.54, 1.807) is 6.07 Å². The normalized spacial score (nSPS) is 35.1. The molecule has 5 unspecified atom stereocenters. The molecular formula is C23H32ClF. The van der Waals surface area contributed by atoms with E-state index in [4.69, 9.17) is 11.6 Å². The number of rotatable bonds is 3. The Kier molecular flexibility index (Phi) is 5.41. The van der Waals surface area contributed by atoms with Gasteiger partial charge in [-0.3, -0.25) is 0 Å². The van der Waals surface area contributed by atoms with Crippen molar-refractivity contribution in [2.24, 2.45) is 29.6 Å². The van der Waals surface area contributed by atoms with E-state index in [0.717, 1.165) is 42.4 Å². The number of benzene rings is 1. The van der Waals surface area contributed by atoms with Crippen LogP contribution in [0.2, 0.25) is 5.02 Å². The molecule has 0 bridgehead atoms. The van der Waals surface area contributed by atoms with E-state index in [2.05, 4.69) is 6.92 Å². The molecule has 2 saturated carbocycles. The van der Waals surface area contributed by atoms with Crippen LogP contribution in [0, 0.1) is 35.4 Å². The maximum atomic E-state index is 13.9. The third kappa shape index (κ3) is 3.77. The molecule has 0 heterocycles. The van der Waals surface area contributed by atoms with Gasteiger partial charge in [-0.2, -0.15) is 0 Å². The van der Waals surface area contributed by atoms with Gasteiger partial charge in [-0.25, -0.2) is 4.39 Å². The van der Waals surface area contributed by atoms with E-state index >= 15 is 0 Å². The second-order valence-corrected chi connectivity index (χ2v) is 9.51. The fraction of sp³-hybridized carbons (Fsp3) is 0.739. The van der Waals surface area contributed by atoms with Gasteiger partial charge < -0.3 is 0 Å². The van der Waals surface area contributed by atoms with Gasteiger partial charge in [0.05, 0.1) is 5.02 Å². The van der Waals surface area contributed by atoms with Crippen molar-refractivity contribution in [2.45, 2.75) is 77.6 Å². The van der Waals surface area contributed by atoms with Gasteiger partial charge in [0.2, 0.25) is 0 Å². The van der Waals surface area contributed by atoms with Crippen molar-refractivity contribution in [3.8, 4) is 0 Å². The molecule has 3 aliphatic rings. The summed E-state index contributed by atoms with van der Waals surface area (Å²) in [6.07, 6.45) is 15.0. The number of hydrogen-bond acceptors (Lipinski definition) is 0. The standard InChI is InChI=1S/C23H32ClF/c1-2-3-15-4-5-17-11-18(7-6-16(17)10-15)19-8-9-20-13-22(24)23(25)14-21(20)12-19/h13-19H,2-12H2,1H3. The highest BCUT2D eigenvalue weighted by Gasteiger charge is 2.38. The maximum Gasteiger partial charge on any atom is 0.142 e. The van der Waals surface area contributed by atoms with E-state index in [0.29, 0.717) is 5.02 Å². The Morgan fingerprint density at radius 2 is 1.64 bits per heavy atom. The summed E-state index contributed by atoms with van der Waals surface area (Å²) in [6, 6.07) is 3.58. The highest BCUT2D eigenvalue weighted by Crippen LogP contribution is 2.49. The summed E-state index contributed by atoms with van der Waals surface area (Å²) in [5.74, 6) is 4.40. The Bertz CT molecular complexity index is 610. The second-order valence-electron chi connectivity index (χ2n) is 9.10. The predicted octanol–water partition coefficient (Wildman–Crippen LogP) is 7.22. The van der Waals surface area contributed by atoms with Crippen molar-refractivity contribution in [1.29, 1.82) is 0 Å². The average Bonchev–Trinajstić information content (AvgIpc) is 2.62. The summed E-state index contributed by atoms with van der Waals surface area (Å²) >= 11 is 5.97. The highest BCUT2D eigenvalue weighted by molar-refractivity contribution is 6.30. The van der Waals surface area contributed by atoms with Crippen LogP contribution in [-0.2, 0) is 12.8 Å². The fourth-order valence-electron chi connectivity index (χ4n) is 6.30. The molecule has 4 rings (SSSR count). The van der Waals surface area contributed by atoms with Crippen molar-refractivity contribution < 1.29 is 4.39 Å². The van der Waals surface area contributed by atoms with Gasteiger partial charge >= 0.3 is 0 Å². The molecule has 1 aromatic rings. The molecule has 25 heavy (non-hydrogen) atoms. The quantitative estimate of drug-likeness (QED) is 0.532. The van der Waals surface area contributed by atoms with E-state index in [-0.39, 0.29) is 5.82 Å². The van der Waals surface area contributed by atoms with Gasteiger partial charge in [-0.15, -0.1) is 0 Å². The lowest BCUT2D eigenvalue weighted by Crippen LogP contribution is -2.35. The maximum absolute atomic E-state index is 13.9. The molecule has 0 aliphatic heterocycles. The summed E-state index contributed by atoms with van der Waals surface area (Å²) in [5, 5.41) is 0.293. The topological polar surface area (TPSA) is 0 Å². The first-order valence-electron chi connectivity index (χ1n) is 10.6. The minimum absolute atomic E-state index is 0.237. The SMILES string of the molecule is CCCC1CCC2CC(C3CCc4cc(Cl)c(F)cc4C3)CCC2C1. The first-order valence-corrected chi connectivity index (χ1v) is 11.0. The Hall–Kier alpha value is -0.560. The number of hydrogen-bond donors (Lipinski definition) is 0. The van der Waals surface area contributed by atoms with Crippen LogP contribution in [0.5, 0.6) is 0 Å². The Labute approximate surface area is 157 Å². The molecule has 3 aliphatic carbocycles. The molecule has 138 valence electrons. The summed E-state index contributed by atoms with van der Waals surface area (Å²) < 4.78 is 13.9. The highest BCUT2D eigenvalue weighted by atomic mass is 35.5. The van der Waals surface area contributed by atoms with Gasteiger partial charge in [-0.05, 0) is 104 Å². The Morgan fingerprint density at radius 3 is 2.44 bits per heavy atom. The van der Waals surface area contributed by atoms with Gasteiger partial charge in [0.1, 0.15) is 5.82 Å². The molecule has 5 atom stereocenters. The van der Waals surface area contributed by atoms with Gasteiger partial charge in [0, 0.05) is 0 Å². The van der Waals surface area contributed by atoms with E-state index in [9.17, 15) is 4.39 Å². The third-order valence-electron chi connectivity index (χ3n) is 7.63. The molecule has 0 aromatic heterocycles. The van der Waals surface area contributed by atoms with Crippen LogP contribution >= 0.6 is 11.6 Å². The van der Waals surface area contributed by atoms with Crippen LogP contribution < -0.4 is 0 Å². The zero-order valence-corrected chi connectivity index (χ0v) is 16.3. The zero-order valence-electron chi connectivity index (χ0n) is 15.6. The number of halogens is 2. The Balaban J connectivity index is 1.39. The molecule has 2 heteroatoms. The van der Waals surface area contributed by atoms with Crippen molar-refractivity contribution in [1.82, 2.24) is 0 Å². The van der Waals surface area contributed by atoms with Crippen molar-refractivity contribution in [3.63, 3.8) is 0 Å². The summed E-state index contributed by atoms with van der Waals surface area (Å²) in [4.78, 5) is 0. The number of fused-ring (bicyclic) bond motifs is 2. The average molecular weight is 363 g/mol. The van der Waals surface area contributed by atoms with Crippen LogP contribution in [0.15, 0.2) is 12.1 Å². The van der Waals surface area contributed by atoms with Crippen molar-refractivity contribution >= 4 is 11.6 Å². The van der Waals surface area contributed by atoms with E-state index < -0.39 is 0 Å². The lowest BCUT2D eigenvalue weighted by molar-refractivity contribution is 0.0694.